The molecule has 9 heteroatoms. The number of anilines is 1. The normalized spacial score (nSPS) is 17.4. The molecule has 0 saturated heterocycles. The highest BCUT2D eigenvalue weighted by Gasteiger charge is 2.38. The standard InChI is InChI=1S/C32H30N4O4S/c1-6-35(7-2)30(38)24-18(3)33-32-36(27(24)25-20-13-9-8-12-19(20)16-17-23(25)40-5)31(39)28(41-32)26-21-14-10-11-15-22(21)34(4)29(26)37/h8-17,27H,6-7H2,1-5H3/b28-26+/t27-/m0/s1. The zero-order chi connectivity index (χ0) is 29.0. The number of aromatic nitrogens is 1. The van der Waals surface area contributed by atoms with Gasteiger partial charge in [-0.1, -0.05) is 59.9 Å². The van der Waals surface area contributed by atoms with Gasteiger partial charge < -0.3 is 14.5 Å². The van der Waals surface area contributed by atoms with Gasteiger partial charge in [-0.3, -0.25) is 19.0 Å². The fourth-order valence-electron chi connectivity index (χ4n) is 5.92. The van der Waals surface area contributed by atoms with Crippen molar-refractivity contribution in [3.63, 3.8) is 0 Å². The lowest BCUT2D eigenvalue weighted by Gasteiger charge is -2.30. The van der Waals surface area contributed by atoms with Crippen LogP contribution >= 0.6 is 11.3 Å². The minimum Gasteiger partial charge on any atom is -0.496 e. The van der Waals surface area contributed by atoms with Gasteiger partial charge in [0.25, 0.3) is 17.4 Å². The molecule has 0 spiro atoms. The van der Waals surface area contributed by atoms with Crippen LogP contribution in [-0.4, -0.2) is 48.5 Å². The Labute approximate surface area is 241 Å². The highest BCUT2D eigenvalue weighted by Crippen LogP contribution is 2.41. The number of thiazole rings is 1. The lowest BCUT2D eigenvalue weighted by atomic mass is 9.90. The van der Waals surface area contributed by atoms with Gasteiger partial charge in [0.05, 0.1) is 29.6 Å². The van der Waals surface area contributed by atoms with Crippen LogP contribution in [0.4, 0.5) is 5.69 Å². The Morgan fingerprint density at radius 2 is 1.73 bits per heavy atom. The molecule has 1 atom stereocenters. The van der Waals surface area contributed by atoms with Gasteiger partial charge in [-0.2, -0.15) is 0 Å². The number of ether oxygens (including phenoxy) is 1. The maximum Gasteiger partial charge on any atom is 0.271 e. The number of fused-ring (bicyclic) bond motifs is 3. The quantitative estimate of drug-likeness (QED) is 0.370. The molecule has 41 heavy (non-hydrogen) atoms. The van der Waals surface area contributed by atoms with E-state index in [0.29, 0.717) is 56.1 Å². The number of carbonyl (C=O) groups excluding carboxylic acids is 2. The van der Waals surface area contributed by atoms with Crippen molar-refractivity contribution in [2.45, 2.75) is 26.8 Å². The van der Waals surface area contributed by atoms with E-state index in [2.05, 4.69) is 0 Å². The highest BCUT2D eigenvalue weighted by molar-refractivity contribution is 7.07. The van der Waals surface area contributed by atoms with E-state index in [9.17, 15) is 14.4 Å². The first-order valence-electron chi connectivity index (χ1n) is 13.6. The lowest BCUT2D eigenvalue weighted by Crippen LogP contribution is -2.43. The molecular weight excluding hydrogens is 536 g/mol. The van der Waals surface area contributed by atoms with Crippen LogP contribution in [0.1, 0.15) is 37.9 Å². The van der Waals surface area contributed by atoms with E-state index in [0.717, 1.165) is 16.5 Å². The van der Waals surface area contributed by atoms with Crippen LogP contribution in [0.15, 0.2) is 81.7 Å². The van der Waals surface area contributed by atoms with Gasteiger partial charge in [-0.15, -0.1) is 0 Å². The van der Waals surface area contributed by atoms with Crippen molar-refractivity contribution in [1.29, 1.82) is 0 Å². The van der Waals surface area contributed by atoms with Crippen molar-refractivity contribution < 1.29 is 14.3 Å². The third-order valence-electron chi connectivity index (χ3n) is 7.98. The largest absolute Gasteiger partial charge is 0.496 e. The van der Waals surface area contributed by atoms with Crippen molar-refractivity contribution in [3.05, 3.63) is 103 Å². The SMILES string of the molecule is CCN(CC)C(=O)C1=C(C)N=c2s/c(=C3/C(=O)N(C)c4ccccc43)c(=O)n2[C@@H]1c1c(OC)ccc2ccccc12. The van der Waals surface area contributed by atoms with Crippen LogP contribution in [0.5, 0.6) is 5.75 Å². The van der Waals surface area contributed by atoms with E-state index in [1.54, 1.807) is 28.5 Å². The van der Waals surface area contributed by atoms with Crippen LogP contribution in [-0.2, 0) is 9.59 Å². The molecule has 4 aromatic rings. The van der Waals surface area contributed by atoms with Gasteiger partial charge in [0.1, 0.15) is 16.3 Å². The number of para-hydroxylation sites is 1. The van der Waals surface area contributed by atoms with Crippen LogP contribution in [0, 0.1) is 0 Å². The molecule has 3 aromatic carbocycles. The molecule has 2 amide bonds. The first kappa shape index (κ1) is 26.7. The van der Waals surface area contributed by atoms with Crippen molar-refractivity contribution in [2.75, 3.05) is 32.1 Å². The average Bonchev–Trinajstić information content (AvgIpc) is 3.43. The van der Waals surface area contributed by atoms with Crippen LogP contribution in [0.3, 0.4) is 0 Å². The minimum atomic E-state index is -0.806. The third-order valence-corrected chi connectivity index (χ3v) is 9.04. The van der Waals surface area contributed by atoms with Crippen LogP contribution < -0.4 is 24.5 Å². The number of nitrogens with zero attached hydrogens (tertiary/aromatic N) is 4. The number of hydrogen-bond acceptors (Lipinski definition) is 6. The molecule has 3 heterocycles. The number of carbonyl (C=O) groups is 2. The molecule has 6 rings (SSSR count). The summed E-state index contributed by atoms with van der Waals surface area (Å²) in [5.74, 6) is 0.135. The molecule has 0 aliphatic carbocycles. The van der Waals surface area contributed by atoms with Gasteiger partial charge in [0, 0.05) is 31.3 Å². The van der Waals surface area contributed by atoms with Crippen LogP contribution in [0.25, 0.3) is 16.3 Å². The molecule has 0 bridgehead atoms. The Balaban J connectivity index is 1.74. The summed E-state index contributed by atoms with van der Waals surface area (Å²) in [6.07, 6.45) is 0. The number of benzene rings is 3. The molecule has 0 N–H and O–H groups in total. The fraction of sp³-hybridized carbons (Fsp3) is 0.250. The molecule has 8 nitrogen and oxygen atoms in total. The van der Waals surface area contributed by atoms with Gasteiger partial charge in [0.15, 0.2) is 4.80 Å². The van der Waals surface area contributed by atoms with Crippen molar-refractivity contribution in [1.82, 2.24) is 9.47 Å². The topological polar surface area (TPSA) is 84.2 Å². The maximum atomic E-state index is 14.5. The second kappa shape index (κ2) is 10.2. The summed E-state index contributed by atoms with van der Waals surface area (Å²) in [7, 11) is 3.30. The predicted octanol–water partition coefficient (Wildman–Crippen LogP) is 3.61. The van der Waals surface area contributed by atoms with Gasteiger partial charge in [0.2, 0.25) is 0 Å². The maximum absolute atomic E-state index is 14.5. The molecule has 208 valence electrons. The summed E-state index contributed by atoms with van der Waals surface area (Å²) in [6, 6.07) is 18.3. The highest BCUT2D eigenvalue weighted by atomic mass is 32.1. The second-order valence-corrected chi connectivity index (χ2v) is 11.0. The van der Waals surface area contributed by atoms with Gasteiger partial charge in [-0.05, 0) is 43.7 Å². The monoisotopic (exact) mass is 566 g/mol. The molecule has 0 fully saturated rings. The number of allylic oxidation sites excluding steroid dienone is 1. The molecule has 2 aliphatic rings. The zero-order valence-electron chi connectivity index (χ0n) is 23.6. The molecule has 0 unspecified atom stereocenters. The Bertz CT molecular complexity index is 1970. The number of likely N-dealkylation sites (N-methyl/N-ethyl adjacent to an activating group) is 2. The Hall–Kier alpha value is -4.50. The van der Waals surface area contributed by atoms with E-state index in [-0.39, 0.29) is 17.4 Å². The zero-order valence-corrected chi connectivity index (χ0v) is 24.4. The summed E-state index contributed by atoms with van der Waals surface area (Å²) in [5, 5.41) is 1.83. The lowest BCUT2D eigenvalue weighted by molar-refractivity contribution is -0.127. The third kappa shape index (κ3) is 3.94. The van der Waals surface area contributed by atoms with Gasteiger partial charge in [-0.25, -0.2) is 4.99 Å². The summed E-state index contributed by atoms with van der Waals surface area (Å²) in [5.41, 5.74) is 3.12. The Morgan fingerprint density at radius 3 is 2.46 bits per heavy atom. The second-order valence-electron chi connectivity index (χ2n) is 10.0. The molecule has 2 aliphatic heterocycles. The summed E-state index contributed by atoms with van der Waals surface area (Å²) < 4.78 is 7.75. The van der Waals surface area contributed by atoms with E-state index < -0.39 is 6.04 Å². The fourth-order valence-corrected chi connectivity index (χ4v) is 7.06. The molecular formula is C32H30N4O4S. The van der Waals surface area contributed by atoms with Crippen molar-refractivity contribution in [2.24, 2.45) is 4.99 Å². The number of hydrogen-bond donors (Lipinski definition) is 0. The van der Waals surface area contributed by atoms with Crippen LogP contribution in [0.2, 0.25) is 0 Å². The van der Waals surface area contributed by atoms with E-state index >= 15 is 0 Å². The van der Waals surface area contributed by atoms with E-state index in [1.807, 2.05) is 81.4 Å². The first-order valence-corrected chi connectivity index (χ1v) is 14.4. The smallest absolute Gasteiger partial charge is 0.271 e. The number of methoxy groups -OCH3 is 1. The number of amides is 2. The van der Waals surface area contributed by atoms with Crippen molar-refractivity contribution in [3.8, 4) is 5.75 Å². The predicted molar refractivity (Wildman–Crippen MR) is 161 cm³/mol. The Morgan fingerprint density at radius 1 is 1.02 bits per heavy atom. The minimum absolute atomic E-state index is 0.184. The molecule has 0 saturated carbocycles. The molecule has 0 radical (unpaired) electrons. The van der Waals surface area contributed by atoms with Gasteiger partial charge >= 0.3 is 0 Å². The molecule has 1 aromatic heterocycles. The average molecular weight is 567 g/mol. The summed E-state index contributed by atoms with van der Waals surface area (Å²) in [4.78, 5) is 50.6. The Kier molecular flexibility index (Phi) is 6.62. The van der Waals surface area contributed by atoms with E-state index in [1.165, 1.54) is 11.3 Å². The van der Waals surface area contributed by atoms with Crippen molar-refractivity contribution >= 4 is 45.2 Å². The number of rotatable bonds is 5. The van der Waals surface area contributed by atoms with E-state index in [4.69, 9.17) is 9.73 Å². The summed E-state index contributed by atoms with van der Waals surface area (Å²) >= 11 is 1.18. The summed E-state index contributed by atoms with van der Waals surface area (Å²) in [6.45, 7) is 6.70. The first-order chi connectivity index (χ1) is 19.8.